The summed E-state index contributed by atoms with van der Waals surface area (Å²) in [6.07, 6.45) is 2.05. The van der Waals surface area contributed by atoms with Gasteiger partial charge in [0.1, 0.15) is 0 Å². The first kappa shape index (κ1) is 9.54. The molecule has 0 bridgehead atoms. The van der Waals surface area contributed by atoms with Crippen molar-refractivity contribution in [2.45, 2.75) is 0 Å². The van der Waals surface area contributed by atoms with Crippen LogP contribution in [0.1, 0.15) is 0 Å². The molecule has 2 N–H and O–H groups in total. The number of H-pyrrole nitrogens is 2. The number of rotatable bonds is 1. The molecule has 0 fully saturated rings. The molecular weight excluding hydrogens is 220 g/mol. The van der Waals surface area contributed by atoms with Crippen molar-refractivity contribution in [3.63, 3.8) is 0 Å². The van der Waals surface area contributed by atoms with Gasteiger partial charge in [-0.15, -0.1) is 0 Å². The molecule has 0 amide bonds. The predicted molar refractivity (Wildman–Crippen MR) is 74.4 cm³/mol. The zero-order valence-electron chi connectivity index (χ0n) is 9.70. The number of benzene rings is 2. The van der Waals surface area contributed by atoms with Crippen molar-refractivity contribution in [3.8, 4) is 11.3 Å². The lowest BCUT2D eigenvalue weighted by Gasteiger charge is -1.94. The largest absolute Gasteiger partial charge is 0.360 e. The SMILES string of the molecule is [c]1cccc2[nH]c(-c3c[nH]c4ccccc34)cc12. The molecule has 0 aliphatic heterocycles. The van der Waals surface area contributed by atoms with Crippen LogP contribution < -0.4 is 0 Å². The molecule has 0 spiro atoms. The van der Waals surface area contributed by atoms with Gasteiger partial charge in [0.05, 0.1) is 0 Å². The normalized spacial score (nSPS) is 11.3. The molecule has 18 heavy (non-hydrogen) atoms. The first-order valence-corrected chi connectivity index (χ1v) is 5.98. The fourth-order valence-corrected chi connectivity index (χ4v) is 2.44. The monoisotopic (exact) mass is 231 g/mol. The van der Waals surface area contributed by atoms with Crippen LogP contribution in [0.25, 0.3) is 33.1 Å². The topological polar surface area (TPSA) is 31.6 Å². The maximum Gasteiger partial charge on any atom is 0.0486 e. The lowest BCUT2D eigenvalue weighted by atomic mass is 10.1. The second-order valence-corrected chi connectivity index (χ2v) is 4.43. The minimum Gasteiger partial charge on any atom is -0.360 e. The van der Waals surface area contributed by atoms with E-state index in [1.54, 1.807) is 0 Å². The quantitative estimate of drug-likeness (QED) is 0.494. The van der Waals surface area contributed by atoms with Crippen molar-refractivity contribution >= 4 is 21.8 Å². The van der Waals surface area contributed by atoms with E-state index in [0.717, 1.165) is 22.1 Å². The fourth-order valence-electron chi connectivity index (χ4n) is 2.44. The zero-order valence-corrected chi connectivity index (χ0v) is 9.70. The Hall–Kier alpha value is -2.48. The molecule has 0 saturated carbocycles. The van der Waals surface area contributed by atoms with Crippen LogP contribution in [0.3, 0.4) is 0 Å². The van der Waals surface area contributed by atoms with E-state index in [1.807, 2.05) is 18.2 Å². The highest BCUT2D eigenvalue weighted by atomic mass is 14.7. The maximum atomic E-state index is 3.44. The van der Waals surface area contributed by atoms with Crippen LogP contribution in [0, 0.1) is 6.07 Å². The van der Waals surface area contributed by atoms with E-state index in [2.05, 4.69) is 52.6 Å². The van der Waals surface area contributed by atoms with E-state index in [-0.39, 0.29) is 0 Å². The van der Waals surface area contributed by atoms with Gasteiger partial charge in [-0.05, 0) is 24.3 Å². The minimum absolute atomic E-state index is 1.12. The number of hydrogen-bond acceptors (Lipinski definition) is 0. The van der Waals surface area contributed by atoms with E-state index in [4.69, 9.17) is 0 Å². The Morgan fingerprint density at radius 1 is 0.944 bits per heavy atom. The Morgan fingerprint density at radius 2 is 1.83 bits per heavy atom. The number of hydrogen-bond donors (Lipinski definition) is 2. The number of aromatic amines is 2. The number of aromatic nitrogens is 2. The summed E-state index contributed by atoms with van der Waals surface area (Å²) in [5, 5.41) is 2.36. The smallest absolute Gasteiger partial charge is 0.0486 e. The Labute approximate surface area is 104 Å². The molecule has 2 heterocycles. The fraction of sp³-hybridized carbons (Fsp3) is 0. The average molecular weight is 231 g/mol. The van der Waals surface area contributed by atoms with Gasteiger partial charge in [0.25, 0.3) is 0 Å². The van der Waals surface area contributed by atoms with Crippen LogP contribution in [0.4, 0.5) is 0 Å². The minimum atomic E-state index is 1.12. The highest BCUT2D eigenvalue weighted by molar-refractivity contribution is 5.97. The molecule has 0 atom stereocenters. The third-order valence-electron chi connectivity index (χ3n) is 3.33. The lowest BCUT2D eigenvalue weighted by Crippen LogP contribution is -1.73. The van der Waals surface area contributed by atoms with Crippen molar-refractivity contribution < 1.29 is 0 Å². The molecule has 2 aromatic carbocycles. The second kappa shape index (κ2) is 3.50. The van der Waals surface area contributed by atoms with Gasteiger partial charge in [0, 0.05) is 39.3 Å². The Kier molecular flexibility index (Phi) is 1.86. The van der Waals surface area contributed by atoms with Gasteiger partial charge in [-0.25, -0.2) is 0 Å². The number of nitrogens with one attached hydrogen (secondary N) is 2. The molecule has 1 radical (unpaired) electrons. The van der Waals surface area contributed by atoms with E-state index in [9.17, 15) is 0 Å². The summed E-state index contributed by atoms with van der Waals surface area (Å²) in [6, 6.07) is 19.7. The molecule has 0 unspecified atom stereocenters. The van der Waals surface area contributed by atoms with Crippen LogP contribution in [0.5, 0.6) is 0 Å². The van der Waals surface area contributed by atoms with Crippen molar-refractivity contribution in [1.82, 2.24) is 9.97 Å². The first-order valence-electron chi connectivity index (χ1n) is 5.98. The molecule has 2 heteroatoms. The summed E-state index contributed by atoms with van der Waals surface area (Å²) in [6.45, 7) is 0. The van der Waals surface area contributed by atoms with Gasteiger partial charge < -0.3 is 9.97 Å². The summed E-state index contributed by atoms with van der Waals surface area (Å²) in [5.74, 6) is 0. The summed E-state index contributed by atoms with van der Waals surface area (Å²) < 4.78 is 0. The van der Waals surface area contributed by atoms with Crippen LogP contribution in [-0.2, 0) is 0 Å². The molecule has 0 aliphatic rings. The third kappa shape index (κ3) is 1.29. The van der Waals surface area contributed by atoms with Gasteiger partial charge in [0.2, 0.25) is 0 Å². The third-order valence-corrected chi connectivity index (χ3v) is 3.33. The average Bonchev–Trinajstić information content (AvgIpc) is 3.02. The van der Waals surface area contributed by atoms with E-state index in [0.29, 0.717) is 0 Å². The van der Waals surface area contributed by atoms with Crippen LogP contribution in [0.15, 0.2) is 54.7 Å². The maximum absolute atomic E-state index is 3.44. The summed E-state index contributed by atoms with van der Waals surface area (Å²) in [4.78, 5) is 6.74. The van der Waals surface area contributed by atoms with Crippen LogP contribution in [0.2, 0.25) is 0 Å². The summed E-state index contributed by atoms with van der Waals surface area (Å²) in [7, 11) is 0. The van der Waals surface area contributed by atoms with Crippen molar-refractivity contribution in [3.05, 3.63) is 60.8 Å². The molecule has 4 rings (SSSR count). The molecule has 4 aromatic rings. The lowest BCUT2D eigenvalue weighted by molar-refractivity contribution is 1.43. The standard InChI is InChI=1S/C16H11N2/c1-3-7-14-11(5-1)9-16(18-14)13-10-17-15-8-4-2-6-12(13)15/h1-4,6-10,17-18H. The zero-order chi connectivity index (χ0) is 11.9. The number of fused-ring (bicyclic) bond motifs is 2. The van der Waals surface area contributed by atoms with Gasteiger partial charge in [-0.2, -0.15) is 0 Å². The Morgan fingerprint density at radius 3 is 2.78 bits per heavy atom. The van der Waals surface area contributed by atoms with Gasteiger partial charge in [-0.1, -0.05) is 30.3 Å². The first-order chi connectivity index (χ1) is 8.92. The molecule has 85 valence electrons. The van der Waals surface area contributed by atoms with E-state index >= 15 is 0 Å². The molecule has 2 nitrogen and oxygen atoms in total. The van der Waals surface area contributed by atoms with Crippen LogP contribution in [-0.4, -0.2) is 9.97 Å². The Balaban J connectivity index is 2.01. The van der Waals surface area contributed by atoms with Gasteiger partial charge in [-0.3, -0.25) is 0 Å². The molecule has 0 aliphatic carbocycles. The Bertz CT molecular complexity index is 803. The van der Waals surface area contributed by atoms with Crippen molar-refractivity contribution in [1.29, 1.82) is 0 Å². The van der Waals surface area contributed by atoms with Gasteiger partial charge >= 0.3 is 0 Å². The van der Waals surface area contributed by atoms with Crippen molar-refractivity contribution in [2.75, 3.05) is 0 Å². The molecular formula is C16H11N2. The highest BCUT2D eigenvalue weighted by Crippen LogP contribution is 2.29. The second-order valence-electron chi connectivity index (χ2n) is 4.43. The van der Waals surface area contributed by atoms with E-state index < -0.39 is 0 Å². The highest BCUT2D eigenvalue weighted by Gasteiger charge is 2.08. The molecule has 0 saturated heterocycles. The number of para-hydroxylation sites is 1. The predicted octanol–water partition coefficient (Wildman–Crippen LogP) is 4.12. The van der Waals surface area contributed by atoms with E-state index in [1.165, 1.54) is 10.9 Å². The molecule has 2 aromatic heterocycles. The van der Waals surface area contributed by atoms with Gasteiger partial charge in [0.15, 0.2) is 0 Å². The van der Waals surface area contributed by atoms with Crippen LogP contribution >= 0.6 is 0 Å². The summed E-state index contributed by atoms with van der Waals surface area (Å²) >= 11 is 0. The summed E-state index contributed by atoms with van der Waals surface area (Å²) in [5.41, 5.74) is 4.62. The van der Waals surface area contributed by atoms with Crippen molar-refractivity contribution in [2.24, 2.45) is 0 Å².